The molecular formula is C20H34. The number of hydrogen-bond acceptors (Lipinski definition) is 0. The fraction of sp³-hybridized carbons (Fsp3) is 1.00. The molecule has 1 spiro atoms. The molecule has 0 radical (unpaired) electrons. The fourth-order valence-electron chi connectivity index (χ4n) is 8.98. The van der Waals surface area contributed by atoms with E-state index in [2.05, 4.69) is 34.6 Å². The summed E-state index contributed by atoms with van der Waals surface area (Å²) in [6.45, 7) is 13.2. The molecule has 3 unspecified atom stereocenters. The van der Waals surface area contributed by atoms with Gasteiger partial charge in [0.1, 0.15) is 0 Å². The molecule has 0 aliphatic heterocycles. The first-order valence-electron chi connectivity index (χ1n) is 9.27. The highest BCUT2D eigenvalue weighted by Gasteiger charge is 2.77. The molecule has 4 aliphatic carbocycles. The van der Waals surface area contributed by atoms with E-state index in [1.54, 1.807) is 6.42 Å². The van der Waals surface area contributed by atoms with Gasteiger partial charge in [0.2, 0.25) is 0 Å². The Morgan fingerprint density at radius 1 is 0.800 bits per heavy atom. The first-order valence-corrected chi connectivity index (χ1v) is 9.27. The summed E-state index contributed by atoms with van der Waals surface area (Å²) in [4.78, 5) is 0. The molecule has 4 fully saturated rings. The summed E-state index contributed by atoms with van der Waals surface area (Å²) >= 11 is 0. The van der Waals surface area contributed by atoms with Crippen LogP contribution in [0.2, 0.25) is 0 Å². The highest BCUT2D eigenvalue weighted by Crippen LogP contribution is 2.84. The van der Waals surface area contributed by atoms with Crippen LogP contribution in [0.3, 0.4) is 0 Å². The lowest BCUT2D eigenvalue weighted by Crippen LogP contribution is -2.49. The Hall–Kier alpha value is 0. The van der Waals surface area contributed by atoms with Gasteiger partial charge in [-0.15, -0.1) is 0 Å². The summed E-state index contributed by atoms with van der Waals surface area (Å²) in [5, 5.41) is 0. The zero-order valence-corrected chi connectivity index (χ0v) is 14.4. The van der Waals surface area contributed by atoms with Crippen LogP contribution in [-0.4, -0.2) is 0 Å². The van der Waals surface area contributed by atoms with Crippen LogP contribution in [0.1, 0.15) is 86.0 Å². The lowest BCUT2D eigenvalue weighted by molar-refractivity contribution is -0.0678. The first-order chi connectivity index (χ1) is 9.27. The Morgan fingerprint density at radius 3 is 2.25 bits per heavy atom. The van der Waals surface area contributed by atoms with Gasteiger partial charge in [-0.05, 0) is 77.9 Å². The minimum atomic E-state index is 0.592. The fourth-order valence-corrected chi connectivity index (χ4v) is 8.98. The molecule has 6 atom stereocenters. The average molecular weight is 274 g/mol. The van der Waals surface area contributed by atoms with Crippen molar-refractivity contribution in [2.24, 2.45) is 39.4 Å². The van der Waals surface area contributed by atoms with Gasteiger partial charge < -0.3 is 0 Å². The molecule has 0 nitrogen and oxygen atoms in total. The molecule has 0 bridgehead atoms. The molecule has 0 amide bonds. The van der Waals surface area contributed by atoms with E-state index in [0.29, 0.717) is 21.7 Å². The molecule has 0 heteroatoms. The Morgan fingerprint density at radius 2 is 1.50 bits per heavy atom. The van der Waals surface area contributed by atoms with Gasteiger partial charge in [-0.2, -0.15) is 0 Å². The Labute approximate surface area is 126 Å². The Kier molecular flexibility index (Phi) is 2.50. The SMILES string of the molecule is C[C@H]1CCC[C@]2(C)CCC3C(C)(C)C[C@]4(C)CCC1C324. The standard InChI is InChI=1S/C20H34/c1-14-7-6-10-18(4)12-9-16-17(2,3)13-19(5)11-8-15(14)20(16,18)19/h14-16H,6-13H2,1-5H3/t14-,15?,16?,18+,19-,20?/m0/s1. The van der Waals surface area contributed by atoms with Crippen LogP contribution in [-0.2, 0) is 0 Å². The van der Waals surface area contributed by atoms with Crippen molar-refractivity contribution in [3.63, 3.8) is 0 Å². The molecule has 0 aromatic rings. The predicted octanol–water partition coefficient (Wildman–Crippen LogP) is 6.06. The van der Waals surface area contributed by atoms with Crippen LogP contribution >= 0.6 is 0 Å². The molecule has 0 aromatic heterocycles. The Bertz CT molecular complexity index is 425. The van der Waals surface area contributed by atoms with Crippen LogP contribution in [0.4, 0.5) is 0 Å². The largest absolute Gasteiger partial charge is 0.0622 e. The molecule has 4 rings (SSSR count). The van der Waals surface area contributed by atoms with Crippen molar-refractivity contribution in [2.45, 2.75) is 86.0 Å². The normalized spacial score (nSPS) is 60.1. The van der Waals surface area contributed by atoms with Gasteiger partial charge in [0, 0.05) is 0 Å². The van der Waals surface area contributed by atoms with Gasteiger partial charge in [0.15, 0.2) is 0 Å². The second-order valence-corrected chi connectivity index (χ2v) is 10.3. The average Bonchev–Trinajstić information content (AvgIpc) is 2.82. The van der Waals surface area contributed by atoms with Crippen LogP contribution < -0.4 is 0 Å². The zero-order valence-electron chi connectivity index (χ0n) is 14.4. The summed E-state index contributed by atoms with van der Waals surface area (Å²) in [5.74, 6) is 3.03. The van der Waals surface area contributed by atoms with E-state index in [-0.39, 0.29) is 0 Å². The van der Waals surface area contributed by atoms with Crippen molar-refractivity contribution in [3.8, 4) is 0 Å². The maximum Gasteiger partial charge on any atom is -0.0125 e. The monoisotopic (exact) mass is 274 g/mol. The molecule has 20 heavy (non-hydrogen) atoms. The van der Waals surface area contributed by atoms with E-state index in [0.717, 1.165) is 17.8 Å². The molecule has 0 heterocycles. The number of rotatable bonds is 0. The lowest BCUT2D eigenvalue weighted by atomic mass is 9.50. The van der Waals surface area contributed by atoms with Gasteiger partial charge in [-0.25, -0.2) is 0 Å². The van der Waals surface area contributed by atoms with Crippen molar-refractivity contribution in [3.05, 3.63) is 0 Å². The third-order valence-electron chi connectivity index (χ3n) is 8.99. The molecule has 114 valence electrons. The smallest absolute Gasteiger partial charge is 0.0125 e. The molecule has 0 saturated heterocycles. The highest BCUT2D eigenvalue weighted by atomic mass is 14.8. The maximum absolute atomic E-state index is 2.71. The quantitative estimate of drug-likeness (QED) is 0.504. The third kappa shape index (κ3) is 1.23. The van der Waals surface area contributed by atoms with Crippen molar-refractivity contribution in [2.75, 3.05) is 0 Å². The van der Waals surface area contributed by atoms with E-state index < -0.39 is 0 Å². The third-order valence-corrected chi connectivity index (χ3v) is 8.99. The number of hydrogen-bond donors (Lipinski definition) is 0. The van der Waals surface area contributed by atoms with Gasteiger partial charge in [0.05, 0.1) is 0 Å². The molecule has 0 N–H and O–H groups in total. The van der Waals surface area contributed by atoms with E-state index in [1.807, 2.05) is 0 Å². The van der Waals surface area contributed by atoms with Crippen LogP contribution in [0, 0.1) is 39.4 Å². The minimum absolute atomic E-state index is 0.592. The van der Waals surface area contributed by atoms with E-state index >= 15 is 0 Å². The topological polar surface area (TPSA) is 0 Å². The van der Waals surface area contributed by atoms with E-state index in [4.69, 9.17) is 0 Å². The Balaban J connectivity index is 1.96. The maximum atomic E-state index is 2.71. The first kappa shape index (κ1) is 13.6. The zero-order chi connectivity index (χ0) is 14.4. The predicted molar refractivity (Wildman–Crippen MR) is 85.5 cm³/mol. The van der Waals surface area contributed by atoms with E-state index in [1.165, 1.54) is 44.9 Å². The van der Waals surface area contributed by atoms with Crippen molar-refractivity contribution in [1.29, 1.82) is 0 Å². The summed E-state index contributed by atoms with van der Waals surface area (Å²) in [6, 6.07) is 0. The summed E-state index contributed by atoms with van der Waals surface area (Å²) in [7, 11) is 0. The van der Waals surface area contributed by atoms with Gasteiger partial charge in [-0.1, -0.05) is 47.5 Å². The molecule has 0 aromatic carbocycles. The lowest BCUT2D eigenvalue weighted by Gasteiger charge is -2.54. The van der Waals surface area contributed by atoms with E-state index in [9.17, 15) is 0 Å². The molecule has 4 saturated carbocycles. The van der Waals surface area contributed by atoms with Crippen LogP contribution in [0.25, 0.3) is 0 Å². The second kappa shape index (κ2) is 3.66. The van der Waals surface area contributed by atoms with Crippen LogP contribution in [0.5, 0.6) is 0 Å². The summed E-state index contributed by atoms with van der Waals surface area (Å²) in [5.41, 5.74) is 2.59. The van der Waals surface area contributed by atoms with Gasteiger partial charge in [-0.3, -0.25) is 0 Å². The molecule has 4 aliphatic rings. The van der Waals surface area contributed by atoms with Crippen molar-refractivity contribution < 1.29 is 0 Å². The van der Waals surface area contributed by atoms with Gasteiger partial charge in [0.25, 0.3) is 0 Å². The summed E-state index contributed by atoms with van der Waals surface area (Å²) < 4.78 is 0. The van der Waals surface area contributed by atoms with Crippen molar-refractivity contribution >= 4 is 0 Å². The van der Waals surface area contributed by atoms with Crippen molar-refractivity contribution in [1.82, 2.24) is 0 Å². The summed E-state index contributed by atoms with van der Waals surface area (Å²) in [6.07, 6.45) is 12.2. The van der Waals surface area contributed by atoms with Crippen LogP contribution in [0.15, 0.2) is 0 Å². The second-order valence-electron chi connectivity index (χ2n) is 10.3. The highest BCUT2D eigenvalue weighted by molar-refractivity contribution is 5.25. The minimum Gasteiger partial charge on any atom is -0.0622 e. The molecular weight excluding hydrogens is 240 g/mol. The van der Waals surface area contributed by atoms with Gasteiger partial charge >= 0.3 is 0 Å².